The Hall–Kier alpha value is -1.35. The van der Waals surface area contributed by atoms with Crippen molar-refractivity contribution in [1.29, 1.82) is 0 Å². The first-order valence-corrected chi connectivity index (χ1v) is 12.8. The van der Waals surface area contributed by atoms with Crippen LogP contribution in [0.1, 0.15) is 58.6 Å². The van der Waals surface area contributed by atoms with E-state index in [-0.39, 0.29) is 15.7 Å². The van der Waals surface area contributed by atoms with Crippen LogP contribution >= 0.6 is 58.0 Å². The first-order valence-electron chi connectivity index (χ1n) is 10.9. The first kappa shape index (κ1) is 35.8. The van der Waals surface area contributed by atoms with Crippen LogP contribution in [0, 0.1) is 0 Å². The zero-order chi connectivity index (χ0) is 26.9. The Morgan fingerprint density at radius 1 is 0.829 bits per heavy atom. The van der Waals surface area contributed by atoms with Gasteiger partial charge in [-0.3, -0.25) is 0 Å². The lowest BCUT2D eigenvalue weighted by Crippen LogP contribution is -1.89. The van der Waals surface area contributed by atoms with Gasteiger partial charge in [-0.15, -0.1) is 0 Å². The third kappa shape index (κ3) is 22.8. The molecule has 2 rings (SSSR count). The van der Waals surface area contributed by atoms with Gasteiger partial charge in [0.05, 0.1) is 53.9 Å². The van der Waals surface area contributed by atoms with Crippen LogP contribution < -0.4 is 0 Å². The van der Waals surface area contributed by atoms with Crippen molar-refractivity contribution in [2.24, 2.45) is 0 Å². The molecular weight excluding hydrogens is 558 g/mol. The molecule has 0 aliphatic carbocycles. The van der Waals surface area contributed by atoms with Crippen molar-refractivity contribution in [3.8, 4) is 0 Å². The maximum Gasteiger partial charge on any atom is 0.223 e. The van der Waals surface area contributed by atoms with Gasteiger partial charge in [0.25, 0.3) is 0 Å². The van der Waals surface area contributed by atoms with Gasteiger partial charge in [-0.25, -0.2) is 19.9 Å². The highest BCUT2D eigenvalue weighted by molar-refractivity contribution is 6.41. The Morgan fingerprint density at radius 3 is 1.80 bits per heavy atom. The number of halogens is 5. The minimum Gasteiger partial charge on any atom is -0.502 e. The number of rotatable bonds is 10. The molecule has 2 aromatic rings. The third-order valence-corrected chi connectivity index (χ3v) is 4.63. The summed E-state index contributed by atoms with van der Waals surface area (Å²) in [5.41, 5.74) is 0.563. The topological polar surface area (TPSA) is 90.2 Å². The Balaban J connectivity index is 0. The van der Waals surface area contributed by atoms with Crippen LogP contribution in [-0.2, 0) is 9.47 Å². The SMILES string of the molecule is C=COCCCC.CCCCO/C=C/c1nc(Cl)ncc1Cl.CCCO.Clc1ncc(Cl)c(Cl)n1. The zero-order valence-electron chi connectivity index (χ0n) is 20.2. The molecule has 0 fully saturated rings. The second-order valence-electron chi connectivity index (χ2n) is 6.29. The predicted octanol–water partition coefficient (Wildman–Crippen LogP) is 8.34. The van der Waals surface area contributed by atoms with E-state index < -0.39 is 0 Å². The van der Waals surface area contributed by atoms with Crippen LogP contribution in [0.5, 0.6) is 0 Å². The standard InChI is InChI=1S/C10H12Cl2N2O.C6H12O.C4HCl3N2.C3H8O/c1-2-3-5-15-6-4-9-8(11)7-13-10(12)14-9;1-3-5-6-7-4-2;5-2-1-8-4(7)9-3(2)6;1-2-3-4/h4,6-7H,2-3,5H2,1H3;4H,2-3,5-6H2,1H3;1H;4H,2-3H2,1H3/b6-4+;;;. The molecule has 1 N–H and O–H groups in total. The summed E-state index contributed by atoms with van der Waals surface area (Å²) in [5.74, 6) is 0. The molecule has 0 radical (unpaired) electrons. The van der Waals surface area contributed by atoms with Crippen molar-refractivity contribution >= 4 is 64.1 Å². The minimum absolute atomic E-state index is 0.101. The molecule has 2 aromatic heterocycles. The quantitative estimate of drug-likeness (QED) is 0.129. The summed E-state index contributed by atoms with van der Waals surface area (Å²) in [5, 5.41) is 9.09. The van der Waals surface area contributed by atoms with Crippen molar-refractivity contribution in [2.45, 2.75) is 52.9 Å². The average Bonchev–Trinajstić information content (AvgIpc) is 2.85. The number of hydrogen-bond donors (Lipinski definition) is 1. The summed E-state index contributed by atoms with van der Waals surface area (Å²) in [7, 11) is 0. The molecule has 0 unspecified atom stereocenters. The van der Waals surface area contributed by atoms with Crippen LogP contribution in [0.3, 0.4) is 0 Å². The molecule has 198 valence electrons. The fraction of sp³-hybridized carbons (Fsp3) is 0.478. The lowest BCUT2D eigenvalue weighted by atomic mass is 10.4. The number of ether oxygens (including phenoxy) is 2. The maximum atomic E-state index is 7.88. The summed E-state index contributed by atoms with van der Waals surface area (Å²) in [6, 6.07) is 0. The number of nitrogens with zero attached hydrogens (tertiary/aromatic N) is 4. The molecule has 0 spiro atoms. The molecule has 0 aliphatic rings. The van der Waals surface area contributed by atoms with Gasteiger partial charge < -0.3 is 14.6 Å². The second kappa shape index (κ2) is 25.7. The number of aromatic nitrogens is 4. The van der Waals surface area contributed by atoms with Crippen molar-refractivity contribution in [2.75, 3.05) is 19.8 Å². The van der Waals surface area contributed by atoms with Crippen LogP contribution in [0.4, 0.5) is 0 Å². The van der Waals surface area contributed by atoms with E-state index in [1.54, 1.807) is 12.3 Å². The Morgan fingerprint density at radius 2 is 1.34 bits per heavy atom. The van der Waals surface area contributed by atoms with Gasteiger partial charge >= 0.3 is 0 Å². The van der Waals surface area contributed by atoms with Gasteiger partial charge in [-0.2, -0.15) is 0 Å². The van der Waals surface area contributed by atoms with E-state index in [4.69, 9.17) is 72.6 Å². The van der Waals surface area contributed by atoms with Crippen molar-refractivity contribution in [3.63, 3.8) is 0 Å². The second-order valence-corrected chi connectivity index (χ2v) is 8.14. The van der Waals surface area contributed by atoms with Crippen LogP contribution in [-0.4, -0.2) is 44.9 Å². The largest absolute Gasteiger partial charge is 0.502 e. The Labute approximate surface area is 233 Å². The summed E-state index contributed by atoms with van der Waals surface area (Å²) < 4.78 is 10.1. The zero-order valence-corrected chi connectivity index (χ0v) is 24.0. The highest BCUT2D eigenvalue weighted by atomic mass is 35.5. The van der Waals surface area contributed by atoms with Crippen molar-refractivity contribution in [1.82, 2.24) is 19.9 Å². The fourth-order valence-electron chi connectivity index (χ4n) is 1.52. The summed E-state index contributed by atoms with van der Waals surface area (Å²) in [6.07, 6.45) is 12.9. The molecule has 2 heterocycles. The normalized spacial score (nSPS) is 9.63. The number of aliphatic hydroxyl groups is 1. The maximum absolute atomic E-state index is 7.88. The monoisotopic (exact) mass is 588 g/mol. The number of hydrogen-bond acceptors (Lipinski definition) is 7. The van der Waals surface area contributed by atoms with Gasteiger partial charge in [0.15, 0.2) is 5.15 Å². The molecule has 0 saturated carbocycles. The highest BCUT2D eigenvalue weighted by Gasteiger charge is 2.00. The predicted molar refractivity (Wildman–Crippen MR) is 147 cm³/mol. The molecule has 0 amide bonds. The smallest absolute Gasteiger partial charge is 0.223 e. The van der Waals surface area contributed by atoms with E-state index in [2.05, 4.69) is 40.4 Å². The summed E-state index contributed by atoms with van der Waals surface area (Å²) >= 11 is 27.7. The van der Waals surface area contributed by atoms with Gasteiger partial charge in [-0.05, 0) is 48.5 Å². The van der Waals surface area contributed by atoms with E-state index >= 15 is 0 Å². The van der Waals surface area contributed by atoms with Crippen molar-refractivity contribution in [3.05, 3.63) is 63.0 Å². The highest BCUT2D eigenvalue weighted by Crippen LogP contribution is 2.18. The number of aliphatic hydroxyl groups excluding tert-OH is 1. The Kier molecular flexibility index (Phi) is 26.3. The summed E-state index contributed by atoms with van der Waals surface area (Å²) in [4.78, 5) is 14.8. The van der Waals surface area contributed by atoms with Crippen LogP contribution in [0.15, 0.2) is 31.5 Å². The third-order valence-electron chi connectivity index (χ3n) is 3.31. The van der Waals surface area contributed by atoms with E-state index in [0.717, 1.165) is 32.3 Å². The molecule has 0 atom stereocenters. The van der Waals surface area contributed by atoms with Gasteiger partial charge in [0.2, 0.25) is 10.6 Å². The lowest BCUT2D eigenvalue weighted by Gasteiger charge is -1.99. The fourth-order valence-corrected chi connectivity index (χ4v) is 2.21. The van der Waals surface area contributed by atoms with E-state index in [0.29, 0.717) is 29.0 Å². The Bertz CT molecular complexity index is 828. The van der Waals surface area contributed by atoms with E-state index in [9.17, 15) is 0 Å². The molecule has 0 bridgehead atoms. The van der Waals surface area contributed by atoms with Crippen LogP contribution in [0.2, 0.25) is 25.8 Å². The summed E-state index contributed by atoms with van der Waals surface area (Å²) in [6.45, 7) is 11.4. The molecule has 0 aromatic carbocycles. The van der Waals surface area contributed by atoms with E-state index in [1.165, 1.54) is 25.1 Å². The molecule has 0 saturated heterocycles. The van der Waals surface area contributed by atoms with Crippen LogP contribution in [0.25, 0.3) is 6.08 Å². The van der Waals surface area contributed by atoms with Gasteiger partial charge in [-0.1, -0.05) is 75.0 Å². The lowest BCUT2D eigenvalue weighted by molar-refractivity contribution is 0.245. The van der Waals surface area contributed by atoms with Gasteiger partial charge in [0, 0.05) is 6.61 Å². The number of unbranched alkanes of at least 4 members (excludes halogenated alkanes) is 2. The van der Waals surface area contributed by atoms with Gasteiger partial charge in [0.1, 0.15) is 0 Å². The molecule has 12 heteroatoms. The van der Waals surface area contributed by atoms with E-state index in [1.807, 2.05) is 6.92 Å². The van der Waals surface area contributed by atoms with Crippen molar-refractivity contribution < 1.29 is 14.6 Å². The molecule has 0 aliphatic heterocycles. The first-order chi connectivity index (χ1) is 16.8. The molecule has 35 heavy (non-hydrogen) atoms. The average molecular weight is 591 g/mol. The molecule has 7 nitrogen and oxygen atoms in total. The minimum atomic E-state index is 0.101. The molecular formula is C23H33Cl5N4O3.